The van der Waals surface area contributed by atoms with Crippen LogP contribution < -0.4 is 15.4 Å². The minimum atomic E-state index is -0.367. The number of rotatable bonds is 9. The molecule has 6 nitrogen and oxygen atoms in total. The maximum absolute atomic E-state index is 12.9. The monoisotopic (exact) mass is 373 g/mol. The summed E-state index contributed by atoms with van der Waals surface area (Å²) in [5.41, 5.74) is 1.09. The standard InChI is InChI=1S/C20H24FN3O3/c1-3-12-24(13-19(25)22-16-10-8-15(21)9-11-16)14-20(26)23-17-6-4-5-7-18(17)27-2/h4-11H,3,12-14H2,1-2H3,(H,22,25)(H,23,26). The largest absolute Gasteiger partial charge is 0.495 e. The Kier molecular flexibility index (Phi) is 7.76. The van der Waals surface area contributed by atoms with Gasteiger partial charge >= 0.3 is 0 Å². The number of anilines is 2. The fourth-order valence-corrected chi connectivity index (χ4v) is 2.61. The summed E-state index contributed by atoms with van der Waals surface area (Å²) >= 11 is 0. The summed E-state index contributed by atoms with van der Waals surface area (Å²) in [5, 5.41) is 5.50. The van der Waals surface area contributed by atoms with Gasteiger partial charge in [-0.1, -0.05) is 19.1 Å². The Balaban J connectivity index is 1.92. The van der Waals surface area contributed by atoms with Crippen LogP contribution in [0.1, 0.15) is 13.3 Å². The maximum atomic E-state index is 12.9. The van der Waals surface area contributed by atoms with Gasteiger partial charge in [0.05, 0.1) is 25.9 Å². The zero-order valence-corrected chi connectivity index (χ0v) is 15.5. The number of benzene rings is 2. The Bertz CT molecular complexity index is 765. The minimum Gasteiger partial charge on any atom is -0.495 e. The smallest absolute Gasteiger partial charge is 0.238 e. The second-order valence-electron chi connectivity index (χ2n) is 6.01. The Labute approximate surface area is 158 Å². The van der Waals surface area contributed by atoms with E-state index in [1.165, 1.54) is 31.4 Å². The van der Waals surface area contributed by atoms with E-state index in [4.69, 9.17) is 4.74 Å². The van der Waals surface area contributed by atoms with E-state index in [2.05, 4.69) is 10.6 Å². The van der Waals surface area contributed by atoms with Crippen LogP contribution in [0.3, 0.4) is 0 Å². The molecule has 0 saturated heterocycles. The molecule has 7 heteroatoms. The van der Waals surface area contributed by atoms with Crippen molar-refractivity contribution in [3.05, 3.63) is 54.3 Å². The molecule has 0 aliphatic rings. The number of hydrogen-bond acceptors (Lipinski definition) is 4. The molecule has 0 spiro atoms. The van der Waals surface area contributed by atoms with Crippen LogP contribution in [0.2, 0.25) is 0 Å². The van der Waals surface area contributed by atoms with Crippen molar-refractivity contribution in [2.45, 2.75) is 13.3 Å². The Hall–Kier alpha value is -2.93. The van der Waals surface area contributed by atoms with Crippen LogP contribution in [0.25, 0.3) is 0 Å². The molecular formula is C20H24FN3O3. The molecule has 0 unspecified atom stereocenters. The first-order valence-electron chi connectivity index (χ1n) is 8.72. The van der Waals surface area contributed by atoms with E-state index in [9.17, 15) is 14.0 Å². The number of halogens is 1. The van der Waals surface area contributed by atoms with Crippen LogP contribution in [0.4, 0.5) is 15.8 Å². The van der Waals surface area contributed by atoms with Crippen LogP contribution in [0, 0.1) is 5.82 Å². The van der Waals surface area contributed by atoms with E-state index < -0.39 is 0 Å². The van der Waals surface area contributed by atoms with Crippen LogP contribution in [0.15, 0.2) is 48.5 Å². The SMILES string of the molecule is CCCN(CC(=O)Nc1ccc(F)cc1)CC(=O)Nc1ccccc1OC. The molecule has 0 fully saturated rings. The summed E-state index contributed by atoms with van der Waals surface area (Å²) in [6.45, 7) is 2.70. The first-order valence-corrected chi connectivity index (χ1v) is 8.72. The maximum Gasteiger partial charge on any atom is 0.238 e. The lowest BCUT2D eigenvalue weighted by atomic mass is 10.3. The fraction of sp³-hybridized carbons (Fsp3) is 0.300. The predicted octanol–water partition coefficient (Wildman–Crippen LogP) is 3.12. The van der Waals surface area contributed by atoms with Crippen LogP contribution >= 0.6 is 0 Å². The number of ether oxygens (including phenoxy) is 1. The topological polar surface area (TPSA) is 70.7 Å². The highest BCUT2D eigenvalue weighted by Crippen LogP contribution is 2.22. The summed E-state index contributed by atoms with van der Waals surface area (Å²) in [6.07, 6.45) is 0.797. The summed E-state index contributed by atoms with van der Waals surface area (Å²) < 4.78 is 18.2. The van der Waals surface area contributed by atoms with E-state index >= 15 is 0 Å². The average molecular weight is 373 g/mol. The van der Waals surface area contributed by atoms with Gasteiger partial charge in [-0.3, -0.25) is 14.5 Å². The summed E-state index contributed by atoms with van der Waals surface area (Å²) in [6, 6.07) is 12.7. The molecule has 2 rings (SSSR count). The van der Waals surface area contributed by atoms with Crippen molar-refractivity contribution in [1.82, 2.24) is 4.90 Å². The zero-order valence-electron chi connectivity index (χ0n) is 15.5. The van der Waals surface area contributed by atoms with Crippen molar-refractivity contribution in [1.29, 1.82) is 0 Å². The summed E-state index contributed by atoms with van der Waals surface area (Å²) in [5.74, 6) is -0.293. The molecule has 0 radical (unpaired) electrons. The third kappa shape index (κ3) is 6.71. The highest BCUT2D eigenvalue weighted by Gasteiger charge is 2.15. The Morgan fingerprint density at radius 3 is 2.26 bits per heavy atom. The van der Waals surface area contributed by atoms with Crippen molar-refractivity contribution < 1.29 is 18.7 Å². The van der Waals surface area contributed by atoms with Crippen LogP contribution in [-0.4, -0.2) is 43.5 Å². The molecule has 2 N–H and O–H groups in total. The number of para-hydroxylation sites is 2. The number of hydrogen-bond donors (Lipinski definition) is 2. The van der Waals surface area contributed by atoms with Crippen molar-refractivity contribution in [3.8, 4) is 5.75 Å². The molecule has 2 amide bonds. The van der Waals surface area contributed by atoms with Crippen LogP contribution in [-0.2, 0) is 9.59 Å². The van der Waals surface area contributed by atoms with Crippen molar-refractivity contribution >= 4 is 23.2 Å². The van der Waals surface area contributed by atoms with Gasteiger partial charge in [0.2, 0.25) is 11.8 Å². The predicted molar refractivity (Wildman–Crippen MR) is 103 cm³/mol. The normalized spacial score (nSPS) is 10.5. The van der Waals surface area contributed by atoms with Crippen molar-refractivity contribution in [2.75, 3.05) is 37.4 Å². The summed E-state index contributed by atoms with van der Waals surface area (Å²) in [7, 11) is 1.54. The van der Waals surface area contributed by atoms with Gasteiger partial charge in [-0.25, -0.2) is 4.39 Å². The van der Waals surface area contributed by atoms with E-state index in [-0.39, 0.29) is 30.7 Å². The lowest BCUT2D eigenvalue weighted by molar-refractivity contribution is -0.120. The lowest BCUT2D eigenvalue weighted by Gasteiger charge is -2.21. The third-order valence-electron chi connectivity index (χ3n) is 3.78. The van der Waals surface area contributed by atoms with Gasteiger partial charge in [-0.2, -0.15) is 0 Å². The van der Waals surface area contributed by atoms with Crippen LogP contribution in [0.5, 0.6) is 5.75 Å². The molecule has 0 aliphatic carbocycles. The number of carbonyl (C=O) groups is 2. The molecule has 0 heterocycles. The Morgan fingerprint density at radius 2 is 1.63 bits per heavy atom. The first kappa shape index (κ1) is 20.4. The number of nitrogens with zero attached hydrogens (tertiary/aromatic N) is 1. The third-order valence-corrected chi connectivity index (χ3v) is 3.78. The molecular weight excluding hydrogens is 349 g/mol. The highest BCUT2D eigenvalue weighted by atomic mass is 19.1. The molecule has 0 aromatic heterocycles. The average Bonchev–Trinajstić information content (AvgIpc) is 2.64. The zero-order chi connectivity index (χ0) is 19.6. The molecule has 27 heavy (non-hydrogen) atoms. The van der Waals surface area contributed by atoms with E-state index in [1.54, 1.807) is 23.1 Å². The lowest BCUT2D eigenvalue weighted by Crippen LogP contribution is -2.39. The first-order chi connectivity index (χ1) is 13.0. The van der Waals surface area contributed by atoms with Gasteiger partial charge in [-0.05, 0) is 49.4 Å². The number of carbonyl (C=O) groups excluding carboxylic acids is 2. The second-order valence-corrected chi connectivity index (χ2v) is 6.01. The van der Waals surface area contributed by atoms with E-state index in [0.29, 0.717) is 23.7 Å². The molecule has 2 aromatic carbocycles. The minimum absolute atomic E-state index is 0.0601. The molecule has 0 bridgehead atoms. The highest BCUT2D eigenvalue weighted by molar-refractivity contribution is 5.95. The second kappa shape index (κ2) is 10.3. The van der Waals surface area contributed by atoms with Crippen molar-refractivity contribution in [2.24, 2.45) is 0 Å². The van der Waals surface area contributed by atoms with Crippen molar-refractivity contribution in [3.63, 3.8) is 0 Å². The number of nitrogens with one attached hydrogen (secondary N) is 2. The Morgan fingerprint density at radius 1 is 1.00 bits per heavy atom. The van der Waals surface area contributed by atoms with Gasteiger partial charge in [0.1, 0.15) is 11.6 Å². The fourth-order valence-electron chi connectivity index (χ4n) is 2.61. The molecule has 0 aliphatic heterocycles. The van der Waals surface area contributed by atoms with Gasteiger partial charge in [0.15, 0.2) is 0 Å². The summed E-state index contributed by atoms with van der Waals surface area (Å²) in [4.78, 5) is 26.3. The van der Waals surface area contributed by atoms with Gasteiger partial charge in [-0.15, -0.1) is 0 Å². The van der Waals surface area contributed by atoms with E-state index in [0.717, 1.165) is 6.42 Å². The molecule has 144 valence electrons. The van der Waals surface area contributed by atoms with Gasteiger partial charge in [0, 0.05) is 5.69 Å². The molecule has 2 aromatic rings. The number of methoxy groups -OCH3 is 1. The van der Waals surface area contributed by atoms with E-state index in [1.807, 2.05) is 13.0 Å². The number of amides is 2. The molecule has 0 atom stereocenters. The molecule has 0 saturated carbocycles. The van der Waals surface area contributed by atoms with Gasteiger partial charge in [0.25, 0.3) is 0 Å². The quantitative estimate of drug-likeness (QED) is 0.709. The van der Waals surface area contributed by atoms with Gasteiger partial charge < -0.3 is 15.4 Å².